The molecule has 0 spiro atoms. The standard InChI is InChI=1S/C21H27NO5S2/c1-15(2)19-9-8-18(28(23,24)20-7-5-4-6-16(20)3)14-21(19)29(25,26)22-17-10-12-27-13-11-17/h4-9,14-15,17,22H,10-13H2,1-3H3. The molecule has 2 aromatic rings. The third kappa shape index (κ3) is 4.71. The molecule has 1 aliphatic rings. The van der Waals surface area contributed by atoms with Crippen LogP contribution in [0.4, 0.5) is 0 Å². The predicted octanol–water partition coefficient (Wildman–Crippen LogP) is 3.41. The zero-order valence-electron chi connectivity index (χ0n) is 16.9. The highest BCUT2D eigenvalue weighted by Crippen LogP contribution is 2.30. The summed E-state index contributed by atoms with van der Waals surface area (Å²) in [5.41, 5.74) is 1.21. The van der Waals surface area contributed by atoms with Crippen molar-refractivity contribution < 1.29 is 21.6 Å². The average Bonchev–Trinajstić information content (AvgIpc) is 2.68. The summed E-state index contributed by atoms with van der Waals surface area (Å²) >= 11 is 0. The van der Waals surface area contributed by atoms with E-state index in [2.05, 4.69) is 4.72 Å². The van der Waals surface area contributed by atoms with Crippen LogP contribution in [0.15, 0.2) is 57.2 Å². The molecule has 1 heterocycles. The fourth-order valence-electron chi connectivity index (χ4n) is 3.47. The van der Waals surface area contributed by atoms with Crippen molar-refractivity contribution in [3.63, 3.8) is 0 Å². The van der Waals surface area contributed by atoms with E-state index in [1.807, 2.05) is 13.8 Å². The van der Waals surface area contributed by atoms with Crippen LogP contribution in [-0.4, -0.2) is 36.1 Å². The van der Waals surface area contributed by atoms with Crippen LogP contribution in [0.5, 0.6) is 0 Å². The smallest absolute Gasteiger partial charge is 0.241 e. The fourth-order valence-corrected chi connectivity index (χ4v) is 6.77. The van der Waals surface area contributed by atoms with E-state index >= 15 is 0 Å². The van der Waals surface area contributed by atoms with E-state index in [0.29, 0.717) is 37.2 Å². The first-order chi connectivity index (χ1) is 13.6. The summed E-state index contributed by atoms with van der Waals surface area (Å²) in [6, 6.07) is 10.9. The van der Waals surface area contributed by atoms with Gasteiger partial charge in [-0.15, -0.1) is 0 Å². The third-order valence-corrected chi connectivity index (χ3v) is 8.62. The van der Waals surface area contributed by atoms with E-state index < -0.39 is 19.9 Å². The number of sulfone groups is 1. The molecule has 1 fully saturated rings. The number of ether oxygens (including phenoxy) is 1. The highest BCUT2D eigenvalue weighted by Gasteiger charge is 2.28. The summed E-state index contributed by atoms with van der Waals surface area (Å²) in [5.74, 6) is -0.0773. The molecule has 0 unspecified atom stereocenters. The maximum atomic E-state index is 13.2. The van der Waals surface area contributed by atoms with Crippen LogP contribution in [0, 0.1) is 6.92 Å². The lowest BCUT2D eigenvalue weighted by Crippen LogP contribution is -2.39. The van der Waals surface area contributed by atoms with E-state index in [0.717, 1.165) is 0 Å². The molecule has 6 nitrogen and oxygen atoms in total. The molecular formula is C21H27NO5S2. The van der Waals surface area contributed by atoms with E-state index in [4.69, 9.17) is 4.74 Å². The second-order valence-electron chi connectivity index (χ2n) is 7.63. The number of hydrogen-bond acceptors (Lipinski definition) is 5. The second-order valence-corrected chi connectivity index (χ2v) is 11.2. The highest BCUT2D eigenvalue weighted by molar-refractivity contribution is 7.91. The molecule has 8 heteroatoms. The van der Waals surface area contributed by atoms with Crippen molar-refractivity contribution in [3.05, 3.63) is 53.6 Å². The zero-order chi connectivity index (χ0) is 21.2. The Morgan fingerprint density at radius 3 is 2.24 bits per heavy atom. The van der Waals surface area contributed by atoms with Gasteiger partial charge in [0.05, 0.1) is 14.7 Å². The van der Waals surface area contributed by atoms with Crippen LogP contribution < -0.4 is 4.72 Å². The van der Waals surface area contributed by atoms with Gasteiger partial charge in [-0.3, -0.25) is 0 Å². The molecule has 1 N–H and O–H groups in total. The molecule has 0 atom stereocenters. The quantitative estimate of drug-likeness (QED) is 0.748. The van der Waals surface area contributed by atoms with Gasteiger partial charge in [0.1, 0.15) is 0 Å². The summed E-state index contributed by atoms with van der Waals surface area (Å²) < 4.78 is 60.7. The lowest BCUT2D eigenvalue weighted by molar-refractivity contribution is 0.0832. The first kappa shape index (κ1) is 22.0. The Morgan fingerprint density at radius 1 is 0.966 bits per heavy atom. The zero-order valence-corrected chi connectivity index (χ0v) is 18.5. The molecule has 1 aliphatic heterocycles. The third-order valence-electron chi connectivity index (χ3n) is 5.13. The minimum atomic E-state index is -3.88. The SMILES string of the molecule is Cc1ccccc1S(=O)(=O)c1ccc(C(C)C)c(S(=O)(=O)NC2CCOCC2)c1. The van der Waals surface area contributed by atoms with Crippen molar-refractivity contribution in [2.75, 3.05) is 13.2 Å². The van der Waals surface area contributed by atoms with Crippen LogP contribution in [0.1, 0.15) is 43.7 Å². The maximum absolute atomic E-state index is 13.2. The first-order valence-electron chi connectivity index (χ1n) is 9.67. The number of sulfonamides is 1. The van der Waals surface area contributed by atoms with Crippen molar-refractivity contribution in [2.45, 2.75) is 60.3 Å². The minimum Gasteiger partial charge on any atom is -0.381 e. The van der Waals surface area contributed by atoms with Crippen molar-refractivity contribution in [3.8, 4) is 0 Å². The van der Waals surface area contributed by atoms with E-state index in [9.17, 15) is 16.8 Å². The normalized spacial score (nSPS) is 16.3. The van der Waals surface area contributed by atoms with Crippen molar-refractivity contribution in [1.29, 1.82) is 0 Å². The van der Waals surface area contributed by atoms with Crippen LogP contribution in [-0.2, 0) is 24.6 Å². The fraction of sp³-hybridized carbons (Fsp3) is 0.429. The molecule has 0 aromatic heterocycles. The van der Waals surface area contributed by atoms with Gasteiger partial charge >= 0.3 is 0 Å². The van der Waals surface area contributed by atoms with Gasteiger partial charge in [-0.1, -0.05) is 38.1 Å². The number of aryl methyl sites for hydroxylation is 1. The van der Waals surface area contributed by atoms with E-state index in [1.165, 1.54) is 18.2 Å². The molecule has 0 bridgehead atoms. The van der Waals surface area contributed by atoms with Gasteiger partial charge in [0.15, 0.2) is 0 Å². The molecule has 3 rings (SSSR count). The molecule has 0 aliphatic carbocycles. The molecular weight excluding hydrogens is 410 g/mol. The van der Waals surface area contributed by atoms with Crippen LogP contribution in [0.25, 0.3) is 0 Å². The number of rotatable bonds is 6. The van der Waals surface area contributed by atoms with Gasteiger partial charge in [-0.25, -0.2) is 21.6 Å². The number of nitrogens with one attached hydrogen (secondary N) is 1. The largest absolute Gasteiger partial charge is 0.381 e. The maximum Gasteiger partial charge on any atom is 0.241 e. The Balaban J connectivity index is 2.08. The number of benzene rings is 2. The van der Waals surface area contributed by atoms with Gasteiger partial charge in [-0.05, 0) is 55.0 Å². The van der Waals surface area contributed by atoms with Crippen LogP contribution in [0.2, 0.25) is 0 Å². The van der Waals surface area contributed by atoms with E-state index in [-0.39, 0.29) is 26.6 Å². The Morgan fingerprint density at radius 2 is 1.62 bits per heavy atom. The Labute approximate surface area is 173 Å². The van der Waals surface area contributed by atoms with Gasteiger partial charge in [0.2, 0.25) is 19.9 Å². The van der Waals surface area contributed by atoms with Gasteiger partial charge < -0.3 is 4.74 Å². The summed E-state index contributed by atoms with van der Waals surface area (Å²) in [7, 11) is -7.72. The summed E-state index contributed by atoms with van der Waals surface area (Å²) in [5, 5.41) is 0. The van der Waals surface area contributed by atoms with E-state index in [1.54, 1.807) is 31.2 Å². The second kappa shape index (κ2) is 8.55. The summed E-state index contributed by atoms with van der Waals surface area (Å²) in [4.78, 5) is 0.176. The minimum absolute atomic E-state index is 0.0219. The number of hydrogen-bond donors (Lipinski definition) is 1. The Bertz CT molecular complexity index is 1090. The molecule has 0 saturated carbocycles. The molecule has 1 saturated heterocycles. The first-order valence-corrected chi connectivity index (χ1v) is 12.6. The monoisotopic (exact) mass is 437 g/mol. The Hall–Kier alpha value is -1.74. The van der Waals surface area contributed by atoms with Crippen molar-refractivity contribution in [1.82, 2.24) is 4.72 Å². The van der Waals surface area contributed by atoms with Gasteiger partial charge in [0.25, 0.3) is 0 Å². The Kier molecular flexibility index (Phi) is 6.48. The average molecular weight is 438 g/mol. The molecule has 0 radical (unpaired) electrons. The van der Waals surface area contributed by atoms with Gasteiger partial charge in [0, 0.05) is 19.3 Å². The van der Waals surface area contributed by atoms with Crippen molar-refractivity contribution in [2.24, 2.45) is 0 Å². The summed E-state index contributed by atoms with van der Waals surface area (Å²) in [6.07, 6.45) is 1.19. The highest BCUT2D eigenvalue weighted by atomic mass is 32.2. The predicted molar refractivity (Wildman–Crippen MR) is 111 cm³/mol. The van der Waals surface area contributed by atoms with Crippen LogP contribution >= 0.6 is 0 Å². The van der Waals surface area contributed by atoms with Crippen LogP contribution in [0.3, 0.4) is 0 Å². The molecule has 158 valence electrons. The molecule has 2 aromatic carbocycles. The molecule has 0 amide bonds. The lowest BCUT2D eigenvalue weighted by Gasteiger charge is -2.24. The topological polar surface area (TPSA) is 89.5 Å². The summed E-state index contributed by atoms with van der Waals surface area (Å²) in [6.45, 7) is 6.51. The van der Waals surface area contributed by atoms with Crippen molar-refractivity contribution >= 4 is 19.9 Å². The lowest BCUT2D eigenvalue weighted by atomic mass is 10.0. The molecule has 29 heavy (non-hydrogen) atoms. The van der Waals surface area contributed by atoms with Gasteiger partial charge in [-0.2, -0.15) is 0 Å².